The number of hydrogen-bond acceptors (Lipinski definition) is 6. The van der Waals surface area contributed by atoms with E-state index in [9.17, 15) is 19.2 Å². The van der Waals surface area contributed by atoms with Crippen LogP contribution in [0.3, 0.4) is 0 Å². The monoisotopic (exact) mass is 490 g/mol. The van der Waals surface area contributed by atoms with Gasteiger partial charge in [-0.3, -0.25) is 29.4 Å². The summed E-state index contributed by atoms with van der Waals surface area (Å²) in [5.41, 5.74) is 3.36. The zero-order chi connectivity index (χ0) is 25.5. The second-order valence-corrected chi connectivity index (χ2v) is 9.44. The number of carbonyl (C=O) groups excluding carboxylic acids is 4. The second-order valence-electron chi connectivity index (χ2n) is 9.44. The lowest BCUT2D eigenvalue weighted by Crippen LogP contribution is -2.54. The molecule has 36 heavy (non-hydrogen) atoms. The summed E-state index contributed by atoms with van der Waals surface area (Å²) in [6, 6.07) is 12.4. The van der Waals surface area contributed by atoms with Crippen molar-refractivity contribution in [3.63, 3.8) is 0 Å². The van der Waals surface area contributed by atoms with Gasteiger partial charge in [-0.25, -0.2) is 0 Å². The summed E-state index contributed by atoms with van der Waals surface area (Å²) in [5, 5.41) is 9.00. The van der Waals surface area contributed by atoms with Gasteiger partial charge in [0.15, 0.2) is 0 Å². The minimum Gasteiger partial charge on any atom is -0.380 e. The number of piperidine rings is 1. The number of unbranched alkanes of at least 4 members (excludes halogenated alkanes) is 4. The molecule has 8 heteroatoms. The van der Waals surface area contributed by atoms with Crippen LogP contribution >= 0.6 is 0 Å². The summed E-state index contributed by atoms with van der Waals surface area (Å²) in [7, 11) is 0. The van der Waals surface area contributed by atoms with Crippen molar-refractivity contribution in [2.45, 2.75) is 71.0 Å². The number of fused-ring (bicyclic) bond motifs is 1. The zero-order valence-electron chi connectivity index (χ0n) is 20.8. The van der Waals surface area contributed by atoms with E-state index in [2.05, 4.69) is 47.1 Å². The summed E-state index contributed by atoms with van der Waals surface area (Å²) < 4.78 is 0. The van der Waals surface area contributed by atoms with Crippen molar-refractivity contribution in [2.75, 3.05) is 11.9 Å². The lowest BCUT2D eigenvalue weighted by Gasteiger charge is -2.27. The Hall–Kier alpha value is -3.52. The molecule has 0 aromatic heterocycles. The first-order valence-corrected chi connectivity index (χ1v) is 12.9. The van der Waals surface area contributed by atoms with Crippen LogP contribution in [0.1, 0.15) is 83.7 Å². The number of nitrogens with one attached hydrogen (secondary N) is 3. The molecule has 3 N–H and O–H groups in total. The number of imide groups is 2. The van der Waals surface area contributed by atoms with Gasteiger partial charge < -0.3 is 10.6 Å². The average molecular weight is 491 g/mol. The highest BCUT2D eigenvalue weighted by molar-refractivity contribution is 6.25. The molecular weight excluding hydrogens is 456 g/mol. The second kappa shape index (κ2) is 11.9. The van der Waals surface area contributed by atoms with Crippen molar-refractivity contribution in [1.82, 2.24) is 15.5 Å². The Kier molecular flexibility index (Phi) is 8.48. The van der Waals surface area contributed by atoms with Crippen LogP contribution in [0.4, 0.5) is 5.69 Å². The Morgan fingerprint density at radius 3 is 2.33 bits per heavy atom. The Labute approximate surface area is 211 Å². The van der Waals surface area contributed by atoms with Gasteiger partial charge in [0.05, 0.1) is 11.1 Å². The molecule has 2 aromatic carbocycles. The zero-order valence-corrected chi connectivity index (χ0v) is 20.8. The van der Waals surface area contributed by atoms with Gasteiger partial charge >= 0.3 is 0 Å². The number of nitrogens with zero attached hydrogens (tertiary/aromatic N) is 1. The van der Waals surface area contributed by atoms with Crippen molar-refractivity contribution in [3.05, 3.63) is 64.7 Å². The molecule has 0 radical (unpaired) electrons. The molecule has 1 atom stereocenters. The number of hydrogen-bond donors (Lipinski definition) is 3. The largest absolute Gasteiger partial charge is 0.380 e. The molecule has 1 fully saturated rings. The number of benzene rings is 2. The van der Waals surface area contributed by atoms with Crippen LogP contribution in [-0.2, 0) is 22.7 Å². The normalized spacial score (nSPS) is 17.4. The summed E-state index contributed by atoms with van der Waals surface area (Å²) >= 11 is 0. The molecular formula is C28H34N4O4. The highest BCUT2D eigenvalue weighted by Gasteiger charge is 2.45. The van der Waals surface area contributed by atoms with Gasteiger partial charge in [0, 0.05) is 25.2 Å². The van der Waals surface area contributed by atoms with Crippen LogP contribution in [0, 0.1) is 0 Å². The molecule has 1 saturated heterocycles. The van der Waals surface area contributed by atoms with E-state index in [0.717, 1.165) is 23.6 Å². The van der Waals surface area contributed by atoms with E-state index in [-0.39, 0.29) is 29.9 Å². The van der Waals surface area contributed by atoms with E-state index in [1.807, 2.05) is 0 Å². The van der Waals surface area contributed by atoms with Gasteiger partial charge in [-0.15, -0.1) is 0 Å². The quantitative estimate of drug-likeness (QED) is 0.309. The van der Waals surface area contributed by atoms with E-state index < -0.39 is 23.8 Å². The minimum absolute atomic E-state index is 0.0966. The summed E-state index contributed by atoms with van der Waals surface area (Å²) in [6.07, 6.45) is 6.58. The van der Waals surface area contributed by atoms with Crippen LogP contribution in [0.2, 0.25) is 0 Å². The van der Waals surface area contributed by atoms with Crippen LogP contribution in [0.15, 0.2) is 42.5 Å². The summed E-state index contributed by atoms with van der Waals surface area (Å²) in [4.78, 5) is 51.0. The minimum atomic E-state index is -0.972. The number of amides is 4. The molecule has 0 bridgehead atoms. The van der Waals surface area contributed by atoms with Crippen molar-refractivity contribution < 1.29 is 19.2 Å². The molecule has 0 aliphatic carbocycles. The molecule has 2 aromatic rings. The van der Waals surface area contributed by atoms with Crippen LogP contribution < -0.4 is 16.0 Å². The van der Waals surface area contributed by atoms with Crippen molar-refractivity contribution in [2.24, 2.45) is 0 Å². The number of carbonyl (C=O) groups is 4. The molecule has 8 nitrogen and oxygen atoms in total. The number of anilines is 1. The van der Waals surface area contributed by atoms with E-state index in [0.29, 0.717) is 12.2 Å². The Balaban J connectivity index is 1.33. The van der Waals surface area contributed by atoms with E-state index in [1.54, 1.807) is 18.2 Å². The number of rotatable bonds is 12. The van der Waals surface area contributed by atoms with Crippen molar-refractivity contribution >= 4 is 29.3 Å². The standard InChI is InChI=1S/C28H34N4O4/c1-2-3-4-5-6-16-29-17-19-10-12-20(13-11-19)18-30-22-9-7-8-21-25(22)28(36)32(27(21)35)23-14-15-24(33)31-26(23)34/h7-13,23,29-30H,2-6,14-18H2,1H3,(H,31,33,34)/t23-/m0/s1. The maximum atomic E-state index is 13.2. The lowest BCUT2D eigenvalue weighted by molar-refractivity contribution is -0.136. The van der Waals surface area contributed by atoms with E-state index >= 15 is 0 Å². The van der Waals surface area contributed by atoms with Crippen LogP contribution in [0.25, 0.3) is 0 Å². The van der Waals surface area contributed by atoms with E-state index in [4.69, 9.17) is 0 Å². The molecule has 4 rings (SSSR count). The predicted molar refractivity (Wildman–Crippen MR) is 137 cm³/mol. The maximum Gasteiger partial charge on any atom is 0.264 e. The molecule has 0 saturated carbocycles. The maximum absolute atomic E-state index is 13.2. The highest BCUT2D eigenvalue weighted by atomic mass is 16.2. The summed E-state index contributed by atoms with van der Waals surface area (Å²) in [5.74, 6) is -2.01. The molecule has 0 unspecified atom stereocenters. The molecule has 2 aliphatic heterocycles. The van der Waals surface area contributed by atoms with Crippen molar-refractivity contribution in [1.29, 1.82) is 0 Å². The fraction of sp³-hybridized carbons (Fsp3) is 0.429. The third-order valence-electron chi connectivity index (χ3n) is 6.76. The first-order chi connectivity index (χ1) is 17.5. The first kappa shape index (κ1) is 25.6. The Morgan fingerprint density at radius 1 is 0.889 bits per heavy atom. The third-order valence-corrected chi connectivity index (χ3v) is 6.76. The SMILES string of the molecule is CCCCCCCNCc1ccc(CNc2cccc3c2C(=O)N([C@H]2CCC(=O)NC2=O)C3=O)cc1. The average Bonchev–Trinajstić information content (AvgIpc) is 3.13. The fourth-order valence-electron chi connectivity index (χ4n) is 4.72. The van der Waals surface area contributed by atoms with Crippen LogP contribution in [0.5, 0.6) is 0 Å². The molecule has 2 aliphatic rings. The fourth-order valence-corrected chi connectivity index (χ4v) is 4.72. The van der Waals surface area contributed by atoms with E-state index in [1.165, 1.54) is 37.7 Å². The molecule has 0 spiro atoms. The Bertz CT molecular complexity index is 1130. The lowest BCUT2D eigenvalue weighted by atomic mass is 10.0. The topological polar surface area (TPSA) is 108 Å². The highest BCUT2D eigenvalue weighted by Crippen LogP contribution is 2.32. The predicted octanol–water partition coefficient (Wildman–Crippen LogP) is 3.76. The third kappa shape index (κ3) is 5.82. The first-order valence-electron chi connectivity index (χ1n) is 12.9. The van der Waals surface area contributed by atoms with Crippen LogP contribution in [-0.4, -0.2) is 41.1 Å². The van der Waals surface area contributed by atoms with Gasteiger partial charge in [-0.1, -0.05) is 62.9 Å². The van der Waals surface area contributed by atoms with Gasteiger partial charge in [0.1, 0.15) is 6.04 Å². The van der Waals surface area contributed by atoms with Gasteiger partial charge in [0.2, 0.25) is 11.8 Å². The van der Waals surface area contributed by atoms with Crippen molar-refractivity contribution in [3.8, 4) is 0 Å². The molecule has 4 amide bonds. The molecule has 190 valence electrons. The van der Waals surface area contributed by atoms with Gasteiger partial charge in [-0.2, -0.15) is 0 Å². The van der Waals surface area contributed by atoms with Gasteiger partial charge in [0.25, 0.3) is 11.8 Å². The summed E-state index contributed by atoms with van der Waals surface area (Å²) in [6.45, 7) is 4.57. The molecule has 2 heterocycles. The Morgan fingerprint density at radius 2 is 1.61 bits per heavy atom. The smallest absolute Gasteiger partial charge is 0.264 e. The van der Waals surface area contributed by atoms with Gasteiger partial charge in [-0.05, 0) is 42.6 Å².